The second kappa shape index (κ2) is 8.09. The fourth-order valence-electron chi connectivity index (χ4n) is 1.95. The van der Waals surface area contributed by atoms with Crippen LogP contribution in [0, 0.1) is 17.2 Å². The molecule has 0 aliphatic rings. The fraction of sp³-hybridized carbons (Fsp3) is 0.267. The van der Waals surface area contributed by atoms with Crippen LogP contribution in [0.5, 0.6) is 0 Å². The number of hydrogen-bond donors (Lipinski definition) is 1. The van der Waals surface area contributed by atoms with Gasteiger partial charge >= 0.3 is 0 Å². The van der Waals surface area contributed by atoms with Gasteiger partial charge in [-0.25, -0.2) is 4.68 Å². The first-order valence-electron chi connectivity index (χ1n) is 6.89. The van der Waals surface area contributed by atoms with Gasteiger partial charge in [-0.05, 0) is 18.6 Å². The SMILES string of the molecule is CC(CCCl)C(=O)Nc1c(C#N)cnn1-c1ccc(Cl)c(Cl)c1Cl. The van der Waals surface area contributed by atoms with E-state index in [1.54, 1.807) is 19.1 Å². The first kappa shape index (κ1) is 18.9. The van der Waals surface area contributed by atoms with Crippen molar-refractivity contribution in [2.45, 2.75) is 13.3 Å². The Morgan fingerprint density at radius 2 is 2.08 bits per heavy atom. The summed E-state index contributed by atoms with van der Waals surface area (Å²) < 4.78 is 1.34. The van der Waals surface area contributed by atoms with Gasteiger partial charge in [-0.1, -0.05) is 41.7 Å². The molecule has 1 atom stereocenters. The van der Waals surface area contributed by atoms with Gasteiger partial charge in [0.25, 0.3) is 0 Å². The normalized spacial score (nSPS) is 11.8. The highest BCUT2D eigenvalue weighted by Gasteiger charge is 2.21. The molecule has 1 heterocycles. The molecule has 0 bridgehead atoms. The molecule has 0 saturated heterocycles. The predicted octanol–water partition coefficient (Wildman–Crippen LogP) is 4.91. The van der Waals surface area contributed by atoms with Crippen LogP contribution >= 0.6 is 46.4 Å². The van der Waals surface area contributed by atoms with E-state index < -0.39 is 0 Å². The van der Waals surface area contributed by atoms with Crippen LogP contribution in [-0.4, -0.2) is 21.6 Å². The second-order valence-corrected chi connectivity index (χ2v) is 6.53. The number of aromatic nitrogens is 2. The number of carbonyl (C=O) groups is 1. The van der Waals surface area contributed by atoms with E-state index >= 15 is 0 Å². The molecule has 1 aromatic heterocycles. The number of nitrogens with zero attached hydrogens (tertiary/aromatic N) is 3. The Hall–Kier alpha value is -1.45. The van der Waals surface area contributed by atoms with Gasteiger partial charge < -0.3 is 5.32 Å². The van der Waals surface area contributed by atoms with Crippen molar-refractivity contribution in [3.63, 3.8) is 0 Å². The minimum atomic E-state index is -0.318. The zero-order valence-corrected chi connectivity index (χ0v) is 15.5. The molecule has 0 aliphatic heterocycles. The van der Waals surface area contributed by atoms with E-state index in [2.05, 4.69) is 10.4 Å². The number of amides is 1. The van der Waals surface area contributed by atoms with Gasteiger partial charge in [0.2, 0.25) is 5.91 Å². The highest BCUT2D eigenvalue weighted by atomic mass is 35.5. The number of nitrogens with one attached hydrogen (secondary N) is 1. The highest BCUT2D eigenvalue weighted by Crippen LogP contribution is 2.36. The molecular weight excluding hydrogens is 394 g/mol. The molecule has 1 N–H and O–H groups in total. The number of halogens is 4. The van der Waals surface area contributed by atoms with Gasteiger partial charge in [0.05, 0.1) is 27.0 Å². The maximum atomic E-state index is 12.3. The van der Waals surface area contributed by atoms with E-state index in [4.69, 9.17) is 46.4 Å². The monoisotopic (exact) mass is 404 g/mol. The minimum Gasteiger partial charge on any atom is -0.309 e. The summed E-state index contributed by atoms with van der Waals surface area (Å²) >= 11 is 23.9. The van der Waals surface area contributed by atoms with Crippen molar-refractivity contribution in [1.29, 1.82) is 5.26 Å². The highest BCUT2D eigenvalue weighted by molar-refractivity contribution is 6.48. The third kappa shape index (κ3) is 3.79. The maximum Gasteiger partial charge on any atom is 0.228 e. The van der Waals surface area contributed by atoms with Crippen LogP contribution < -0.4 is 5.32 Å². The van der Waals surface area contributed by atoms with Crippen molar-refractivity contribution in [3.8, 4) is 11.8 Å². The van der Waals surface area contributed by atoms with E-state index in [0.717, 1.165) is 0 Å². The second-order valence-electron chi connectivity index (χ2n) is 4.99. The predicted molar refractivity (Wildman–Crippen MR) is 96.4 cm³/mol. The Balaban J connectivity index is 2.47. The van der Waals surface area contributed by atoms with Gasteiger partial charge in [0.1, 0.15) is 11.6 Å². The summed E-state index contributed by atoms with van der Waals surface area (Å²) in [6, 6.07) is 5.14. The number of rotatable bonds is 5. The lowest BCUT2D eigenvalue weighted by atomic mass is 10.1. The fourth-order valence-corrected chi connectivity index (χ4v) is 2.88. The molecule has 2 aromatic rings. The average molecular weight is 406 g/mol. The average Bonchev–Trinajstić information content (AvgIpc) is 2.95. The quantitative estimate of drug-likeness (QED) is 0.567. The Bertz CT molecular complexity index is 813. The van der Waals surface area contributed by atoms with Gasteiger partial charge in [0.15, 0.2) is 5.82 Å². The number of hydrogen-bond acceptors (Lipinski definition) is 3. The van der Waals surface area contributed by atoms with E-state index in [-0.39, 0.29) is 33.3 Å². The lowest BCUT2D eigenvalue weighted by molar-refractivity contribution is -0.119. The summed E-state index contributed by atoms with van der Waals surface area (Å²) in [5, 5.41) is 16.7. The molecule has 0 radical (unpaired) electrons. The summed E-state index contributed by atoms with van der Waals surface area (Å²) in [5.74, 6) is -0.0200. The molecule has 1 unspecified atom stereocenters. The summed E-state index contributed by atoms with van der Waals surface area (Å²) in [5.41, 5.74) is 0.594. The largest absolute Gasteiger partial charge is 0.309 e. The van der Waals surface area contributed by atoms with E-state index in [0.29, 0.717) is 23.0 Å². The topological polar surface area (TPSA) is 70.7 Å². The van der Waals surface area contributed by atoms with Crippen LogP contribution in [0.2, 0.25) is 15.1 Å². The van der Waals surface area contributed by atoms with Crippen molar-refractivity contribution < 1.29 is 4.79 Å². The lowest BCUT2D eigenvalue weighted by Gasteiger charge is -2.14. The molecule has 0 fully saturated rings. The zero-order valence-electron chi connectivity index (χ0n) is 12.5. The summed E-state index contributed by atoms with van der Waals surface area (Å²) in [7, 11) is 0. The van der Waals surface area contributed by atoms with Crippen LogP contribution in [0.4, 0.5) is 5.82 Å². The molecule has 9 heteroatoms. The molecular formula is C15H12Cl4N4O. The Morgan fingerprint density at radius 3 is 2.71 bits per heavy atom. The molecule has 2 rings (SSSR count). The van der Waals surface area contributed by atoms with Crippen LogP contribution in [0.1, 0.15) is 18.9 Å². The van der Waals surface area contributed by atoms with E-state index in [1.165, 1.54) is 10.9 Å². The molecule has 5 nitrogen and oxygen atoms in total. The van der Waals surface area contributed by atoms with Crippen molar-refractivity contribution in [2.75, 3.05) is 11.2 Å². The number of nitriles is 1. The molecule has 126 valence electrons. The van der Waals surface area contributed by atoms with Gasteiger partial charge in [0, 0.05) is 11.8 Å². The summed E-state index contributed by atoms with van der Waals surface area (Å²) in [6.45, 7) is 1.75. The molecule has 0 spiro atoms. The molecule has 24 heavy (non-hydrogen) atoms. The smallest absolute Gasteiger partial charge is 0.228 e. The van der Waals surface area contributed by atoms with Gasteiger partial charge in [-0.15, -0.1) is 11.6 Å². The summed E-state index contributed by atoms with van der Waals surface area (Å²) in [4.78, 5) is 12.3. The molecule has 1 aromatic carbocycles. The standard InChI is InChI=1S/C15H12Cl4N4O/c1-8(4-5-16)15(24)22-14-9(6-20)7-21-23(14)11-3-2-10(17)12(18)13(11)19/h2-3,7-8H,4-5H2,1H3,(H,22,24). The molecule has 1 amide bonds. The third-order valence-corrected chi connectivity index (χ3v) is 4.87. The zero-order chi connectivity index (χ0) is 17.9. The number of benzene rings is 1. The summed E-state index contributed by atoms with van der Waals surface area (Å²) in [6.07, 6.45) is 1.84. The first-order chi connectivity index (χ1) is 11.4. The van der Waals surface area contributed by atoms with Crippen LogP contribution in [-0.2, 0) is 4.79 Å². The number of alkyl halides is 1. The van der Waals surface area contributed by atoms with Crippen molar-refractivity contribution in [1.82, 2.24) is 9.78 Å². The van der Waals surface area contributed by atoms with Crippen molar-refractivity contribution >= 4 is 58.1 Å². The molecule has 0 aliphatic carbocycles. The Labute approximate surface area is 159 Å². The van der Waals surface area contributed by atoms with Crippen LogP contribution in [0.3, 0.4) is 0 Å². The number of carbonyl (C=O) groups excluding carboxylic acids is 1. The molecule has 0 saturated carbocycles. The van der Waals surface area contributed by atoms with Crippen molar-refractivity contribution in [2.24, 2.45) is 5.92 Å². The van der Waals surface area contributed by atoms with E-state index in [9.17, 15) is 10.1 Å². The number of anilines is 1. The van der Waals surface area contributed by atoms with Crippen LogP contribution in [0.25, 0.3) is 5.69 Å². The van der Waals surface area contributed by atoms with Crippen LogP contribution in [0.15, 0.2) is 18.3 Å². The minimum absolute atomic E-state index is 0.164. The Kier molecular flexibility index (Phi) is 6.36. The first-order valence-corrected chi connectivity index (χ1v) is 8.56. The van der Waals surface area contributed by atoms with E-state index in [1.807, 2.05) is 6.07 Å². The van der Waals surface area contributed by atoms with Gasteiger partial charge in [-0.2, -0.15) is 10.4 Å². The maximum absolute atomic E-state index is 12.3. The lowest BCUT2D eigenvalue weighted by Crippen LogP contribution is -2.23. The van der Waals surface area contributed by atoms with Crippen molar-refractivity contribution in [3.05, 3.63) is 39.0 Å². The van der Waals surface area contributed by atoms with Gasteiger partial charge in [-0.3, -0.25) is 4.79 Å². The third-order valence-electron chi connectivity index (χ3n) is 3.36. The Morgan fingerprint density at radius 1 is 1.38 bits per heavy atom.